The Kier molecular flexibility index (Phi) is 5.92. The molecule has 1 aromatic rings. The first-order chi connectivity index (χ1) is 9.63. The van der Waals surface area contributed by atoms with Crippen LogP contribution in [0.4, 0.5) is 0 Å². The Morgan fingerprint density at radius 1 is 1.60 bits per heavy atom. The average Bonchev–Trinajstić information content (AvgIpc) is 2.97. The number of carbonyl (C=O) groups excluding carboxylic acids is 2. The van der Waals surface area contributed by atoms with Crippen LogP contribution >= 0.6 is 39.0 Å². The summed E-state index contributed by atoms with van der Waals surface area (Å²) in [6.45, 7) is 2.50. The van der Waals surface area contributed by atoms with Gasteiger partial charge < -0.3 is 9.64 Å². The first-order valence-electron chi connectivity index (χ1n) is 6.43. The molecule has 1 atom stereocenters. The Hall–Kier alpha value is -0.530. The van der Waals surface area contributed by atoms with Crippen LogP contribution in [-0.2, 0) is 14.3 Å². The van der Waals surface area contributed by atoms with Crippen molar-refractivity contribution < 1.29 is 14.3 Å². The van der Waals surface area contributed by atoms with Gasteiger partial charge in [-0.2, -0.15) is 0 Å². The van der Waals surface area contributed by atoms with Crippen molar-refractivity contribution in [3.63, 3.8) is 0 Å². The summed E-state index contributed by atoms with van der Waals surface area (Å²) in [5, 5.41) is 1.89. The van der Waals surface area contributed by atoms with Crippen LogP contribution in [0.15, 0.2) is 15.9 Å². The standard InChI is InChI=1S/C13H16BrNO3S2/c1-2-3-5-18-11(17)7-15-10(16)8-20-13(15)12-9(14)4-6-19-12/h4,6,13H,2-3,5,7-8H2,1H3. The molecule has 0 bridgehead atoms. The average molecular weight is 378 g/mol. The van der Waals surface area contributed by atoms with E-state index >= 15 is 0 Å². The normalized spacial score (nSPS) is 18.6. The topological polar surface area (TPSA) is 46.6 Å². The second-order valence-corrected chi connectivity index (χ2v) is 7.26. The minimum Gasteiger partial charge on any atom is -0.464 e. The van der Waals surface area contributed by atoms with Gasteiger partial charge in [-0.05, 0) is 33.8 Å². The molecule has 7 heteroatoms. The van der Waals surface area contributed by atoms with Gasteiger partial charge in [0.2, 0.25) is 5.91 Å². The van der Waals surface area contributed by atoms with Crippen LogP contribution < -0.4 is 0 Å². The lowest BCUT2D eigenvalue weighted by molar-refractivity contribution is -0.148. The number of nitrogens with zero attached hydrogens (tertiary/aromatic N) is 1. The van der Waals surface area contributed by atoms with E-state index in [1.807, 2.05) is 18.4 Å². The van der Waals surface area contributed by atoms with E-state index in [1.165, 1.54) is 0 Å². The predicted molar refractivity (Wildman–Crippen MR) is 84.8 cm³/mol. The lowest BCUT2D eigenvalue weighted by Crippen LogP contribution is -2.34. The summed E-state index contributed by atoms with van der Waals surface area (Å²) in [5.74, 6) is 0.0803. The van der Waals surface area contributed by atoms with Gasteiger partial charge in [0.05, 0.1) is 17.2 Å². The first kappa shape index (κ1) is 15.9. The van der Waals surface area contributed by atoms with Crippen LogP contribution in [0, 0.1) is 0 Å². The molecule has 2 heterocycles. The maximum absolute atomic E-state index is 11.9. The van der Waals surface area contributed by atoms with Gasteiger partial charge in [-0.15, -0.1) is 23.1 Å². The van der Waals surface area contributed by atoms with Crippen LogP contribution in [0.3, 0.4) is 0 Å². The Bertz CT molecular complexity index is 492. The Morgan fingerprint density at radius 2 is 2.40 bits per heavy atom. The van der Waals surface area contributed by atoms with Crippen LogP contribution in [0.25, 0.3) is 0 Å². The lowest BCUT2D eigenvalue weighted by atomic mass is 10.3. The first-order valence-corrected chi connectivity index (χ1v) is 9.15. The molecule has 20 heavy (non-hydrogen) atoms. The van der Waals surface area contributed by atoms with E-state index in [0.717, 1.165) is 22.2 Å². The molecule has 0 aromatic carbocycles. The van der Waals surface area contributed by atoms with Crippen molar-refractivity contribution in [1.29, 1.82) is 0 Å². The van der Waals surface area contributed by atoms with Crippen molar-refractivity contribution in [3.05, 3.63) is 20.8 Å². The van der Waals surface area contributed by atoms with Crippen molar-refractivity contribution >= 4 is 50.9 Å². The summed E-state index contributed by atoms with van der Waals surface area (Å²) < 4.78 is 6.12. The largest absolute Gasteiger partial charge is 0.464 e. The van der Waals surface area contributed by atoms with Crippen LogP contribution in [-0.4, -0.2) is 35.7 Å². The maximum atomic E-state index is 11.9. The highest BCUT2D eigenvalue weighted by Crippen LogP contribution is 2.43. The smallest absolute Gasteiger partial charge is 0.325 e. The molecule has 1 unspecified atom stereocenters. The van der Waals surface area contributed by atoms with Crippen molar-refractivity contribution in [2.24, 2.45) is 0 Å². The Morgan fingerprint density at radius 3 is 3.05 bits per heavy atom. The van der Waals surface area contributed by atoms with E-state index in [-0.39, 0.29) is 23.8 Å². The molecule has 0 radical (unpaired) electrons. The molecule has 0 aliphatic carbocycles. The number of esters is 1. The zero-order valence-corrected chi connectivity index (χ0v) is 14.4. The molecule has 1 aliphatic rings. The minimum atomic E-state index is -0.327. The Labute approximate surface area is 135 Å². The van der Waals surface area contributed by atoms with E-state index in [9.17, 15) is 9.59 Å². The molecular weight excluding hydrogens is 362 g/mol. The van der Waals surface area contributed by atoms with Gasteiger partial charge in [-0.25, -0.2) is 0 Å². The second kappa shape index (κ2) is 7.47. The van der Waals surface area contributed by atoms with Gasteiger partial charge in [0.1, 0.15) is 11.9 Å². The molecule has 1 aromatic heterocycles. The zero-order valence-electron chi connectivity index (χ0n) is 11.1. The van der Waals surface area contributed by atoms with E-state index in [0.29, 0.717) is 12.4 Å². The molecule has 2 rings (SSSR count). The summed E-state index contributed by atoms with van der Waals surface area (Å²) in [6.07, 6.45) is 1.84. The SMILES string of the molecule is CCCCOC(=O)CN1C(=O)CSC1c1sccc1Br. The van der Waals surface area contributed by atoms with E-state index in [4.69, 9.17) is 4.74 Å². The molecule has 1 fully saturated rings. The predicted octanol–water partition coefficient (Wildman–Crippen LogP) is 3.43. The van der Waals surface area contributed by atoms with Gasteiger partial charge in [0.25, 0.3) is 0 Å². The number of thiophene rings is 1. The van der Waals surface area contributed by atoms with E-state index < -0.39 is 0 Å². The Balaban J connectivity index is 1.99. The molecule has 110 valence electrons. The highest BCUT2D eigenvalue weighted by molar-refractivity contribution is 9.10. The van der Waals surface area contributed by atoms with Gasteiger partial charge in [-0.1, -0.05) is 13.3 Å². The molecule has 0 N–H and O–H groups in total. The third kappa shape index (κ3) is 3.77. The van der Waals surface area contributed by atoms with Gasteiger partial charge in [0.15, 0.2) is 0 Å². The summed E-state index contributed by atoms with van der Waals surface area (Å²) in [5.41, 5.74) is 0. The maximum Gasteiger partial charge on any atom is 0.325 e. The fraction of sp³-hybridized carbons (Fsp3) is 0.538. The van der Waals surface area contributed by atoms with Crippen LogP contribution in [0.1, 0.15) is 30.0 Å². The number of unbranched alkanes of at least 4 members (excludes halogenated alkanes) is 1. The second-order valence-electron chi connectivity index (χ2n) is 4.39. The zero-order chi connectivity index (χ0) is 14.5. The number of thioether (sulfide) groups is 1. The summed E-state index contributed by atoms with van der Waals surface area (Å²) >= 11 is 6.62. The van der Waals surface area contributed by atoms with Crippen LogP contribution in [0.5, 0.6) is 0 Å². The lowest BCUT2D eigenvalue weighted by Gasteiger charge is -2.22. The van der Waals surface area contributed by atoms with Crippen molar-refractivity contribution in [2.45, 2.75) is 25.1 Å². The fourth-order valence-corrected chi connectivity index (χ4v) is 5.06. The van der Waals surface area contributed by atoms with E-state index in [1.54, 1.807) is 28.0 Å². The number of rotatable bonds is 6. The highest BCUT2D eigenvalue weighted by atomic mass is 79.9. The molecule has 1 saturated heterocycles. The number of ether oxygens (including phenoxy) is 1. The third-order valence-corrected chi connectivity index (χ3v) is 6.19. The number of carbonyl (C=O) groups is 2. The number of halogens is 1. The van der Waals surface area contributed by atoms with E-state index in [2.05, 4.69) is 15.9 Å². The summed E-state index contributed by atoms with van der Waals surface area (Å²) in [4.78, 5) is 26.4. The minimum absolute atomic E-state index is 0.00672. The number of hydrogen-bond acceptors (Lipinski definition) is 5. The number of hydrogen-bond donors (Lipinski definition) is 0. The van der Waals surface area contributed by atoms with Gasteiger partial charge in [0, 0.05) is 4.47 Å². The van der Waals surface area contributed by atoms with Crippen molar-refractivity contribution in [3.8, 4) is 0 Å². The van der Waals surface area contributed by atoms with Crippen molar-refractivity contribution in [2.75, 3.05) is 18.9 Å². The summed E-state index contributed by atoms with van der Waals surface area (Å²) in [7, 11) is 0. The van der Waals surface area contributed by atoms with Crippen LogP contribution in [0.2, 0.25) is 0 Å². The quantitative estimate of drug-likeness (QED) is 0.562. The summed E-state index contributed by atoms with van der Waals surface area (Å²) in [6, 6.07) is 1.96. The fourth-order valence-electron chi connectivity index (χ4n) is 1.84. The third-order valence-electron chi connectivity index (χ3n) is 2.90. The van der Waals surface area contributed by atoms with Gasteiger partial charge >= 0.3 is 5.97 Å². The molecule has 1 amide bonds. The molecule has 1 aliphatic heterocycles. The van der Waals surface area contributed by atoms with Gasteiger partial charge in [-0.3, -0.25) is 9.59 Å². The molecule has 0 spiro atoms. The molecular formula is C13H16BrNO3S2. The monoisotopic (exact) mass is 377 g/mol. The molecule has 4 nitrogen and oxygen atoms in total. The number of amides is 1. The molecule has 0 saturated carbocycles. The highest BCUT2D eigenvalue weighted by Gasteiger charge is 2.36. The van der Waals surface area contributed by atoms with Crippen molar-refractivity contribution in [1.82, 2.24) is 4.90 Å².